The van der Waals surface area contributed by atoms with E-state index < -0.39 is 38.9 Å². The maximum atomic E-state index is 13.2. The Balaban J connectivity index is 1.15. The molecule has 3 amide bonds. The lowest BCUT2D eigenvalue weighted by molar-refractivity contribution is -0.118. The van der Waals surface area contributed by atoms with Gasteiger partial charge in [-0.05, 0) is 36.4 Å². The molecule has 0 unspecified atom stereocenters. The van der Waals surface area contributed by atoms with Crippen molar-refractivity contribution >= 4 is 48.5 Å². The van der Waals surface area contributed by atoms with Crippen LogP contribution in [0.3, 0.4) is 0 Å². The molecule has 2 atom stereocenters. The summed E-state index contributed by atoms with van der Waals surface area (Å²) in [6, 6.07) is 11.2. The summed E-state index contributed by atoms with van der Waals surface area (Å²) in [5.41, 5.74) is 1.17. The molecule has 16 nitrogen and oxygen atoms in total. The van der Waals surface area contributed by atoms with Gasteiger partial charge >= 0.3 is 20.0 Å². The van der Waals surface area contributed by atoms with Gasteiger partial charge in [-0.25, -0.2) is 23.7 Å². The first-order valence-electron chi connectivity index (χ1n) is 13.3. The van der Waals surface area contributed by atoms with Crippen molar-refractivity contribution in [3.8, 4) is 5.75 Å². The highest BCUT2D eigenvalue weighted by Gasteiger charge is 2.36. The molecule has 1 fully saturated rings. The van der Waals surface area contributed by atoms with Crippen LogP contribution in [0.5, 0.6) is 5.75 Å². The van der Waals surface area contributed by atoms with E-state index >= 15 is 0 Å². The van der Waals surface area contributed by atoms with Crippen molar-refractivity contribution < 1.29 is 47.5 Å². The highest BCUT2D eigenvalue weighted by Crippen LogP contribution is 2.37. The Morgan fingerprint density at radius 2 is 1.98 bits per heavy atom. The number of fused-ring (bicyclic) bond motifs is 1. The first-order valence-corrected chi connectivity index (χ1v) is 14.8. The number of amides is 3. The number of carbonyl (C=O) groups is 3. The van der Waals surface area contributed by atoms with Crippen molar-refractivity contribution in [2.75, 3.05) is 36.7 Å². The van der Waals surface area contributed by atoms with Crippen LogP contribution in [0.25, 0.3) is 10.9 Å². The number of hydrogen-bond donors (Lipinski definition) is 3. The zero-order chi connectivity index (χ0) is 30.3. The van der Waals surface area contributed by atoms with Gasteiger partial charge < -0.3 is 33.9 Å². The van der Waals surface area contributed by atoms with Crippen molar-refractivity contribution in [3.05, 3.63) is 58.4 Å². The Morgan fingerprint density at radius 3 is 2.79 bits per heavy atom. The predicted octanol–water partition coefficient (Wildman–Crippen LogP) is 2.09. The van der Waals surface area contributed by atoms with Crippen molar-refractivity contribution in [2.45, 2.75) is 31.5 Å². The van der Waals surface area contributed by atoms with E-state index in [0.29, 0.717) is 24.1 Å². The third kappa shape index (κ3) is 5.90. The lowest BCUT2D eigenvalue weighted by Gasteiger charge is -2.29. The van der Waals surface area contributed by atoms with Gasteiger partial charge in [-0.3, -0.25) is 19.4 Å². The average molecular weight is 615 g/mol. The molecule has 0 saturated carbocycles. The summed E-state index contributed by atoms with van der Waals surface area (Å²) in [5, 5.41) is 3.41. The van der Waals surface area contributed by atoms with Gasteiger partial charge in [0.25, 0.3) is 11.5 Å². The Labute approximate surface area is 242 Å². The summed E-state index contributed by atoms with van der Waals surface area (Å²) in [6.07, 6.45) is -1.37. The molecule has 1 saturated heterocycles. The van der Waals surface area contributed by atoms with Crippen molar-refractivity contribution in [1.82, 2.24) is 14.5 Å². The Morgan fingerprint density at radius 1 is 1.14 bits per heavy atom. The lowest BCUT2D eigenvalue weighted by Crippen LogP contribution is -2.38. The summed E-state index contributed by atoms with van der Waals surface area (Å²) in [5.74, 6) is 0.502. The van der Waals surface area contributed by atoms with Crippen molar-refractivity contribution in [2.24, 2.45) is 0 Å². The van der Waals surface area contributed by atoms with Crippen LogP contribution in [0.4, 0.5) is 21.2 Å². The molecule has 3 aliphatic heterocycles. The molecule has 0 spiro atoms. The average Bonchev–Trinajstić information content (AvgIpc) is 3.53. The number of aromatic nitrogens is 2. The minimum atomic E-state index is -4.88. The third-order valence-electron chi connectivity index (χ3n) is 7.30. The SMILES string of the molecule is O=C1COc2ccc(N3C[C@H](CCCN(C(=O)OCOP(=O)(O)O)[C@@H]4Cn5c(=O)ccc6cccc4c65)OC3=O)nc2N1. The fourth-order valence-corrected chi connectivity index (χ4v) is 5.62. The van der Waals surface area contributed by atoms with E-state index in [4.69, 9.17) is 24.0 Å². The number of phosphoric acid groups is 1. The number of ether oxygens (including phenoxy) is 3. The molecule has 17 heteroatoms. The van der Waals surface area contributed by atoms with Crippen LogP contribution in [0.2, 0.25) is 0 Å². The fraction of sp³-hybridized carbons (Fsp3) is 0.346. The monoisotopic (exact) mass is 615 g/mol. The largest absolute Gasteiger partial charge is 0.480 e. The van der Waals surface area contributed by atoms with Crippen LogP contribution in [-0.2, 0) is 29.9 Å². The molecule has 6 rings (SSSR count). The van der Waals surface area contributed by atoms with E-state index in [1.165, 1.54) is 15.9 Å². The number of hydrogen-bond acceptors (Lipinski definition) is 10. The molecule has 0 aliphatic carbocycles. The standard InChI is InChI=1S/C26H26N5O11P/c32-21-13-39-19-7-8-20(27-24(19)28-21)30-11-16(42-26(30)35)4-2-10-29(25(34)40-14-41-43(36,37)38)18-12-31-22(33)9-6-15-3-1-5-17(18)23(15)31/h1,3,5-9,16,18H,2,4,10-14H2,(H,27,28,32)(H2,36,37,38)/t16-,18+/m0/s1. The Hall–Kier alpha value is -4.50. The van der Waals surface area contributed by atoms with Crippen molar-refractivity contribution in [1.29, 1.82) is 0 Å². The van der Waals surface area contributed by atoms with Crippen LogP contribution in [-0.4, -0.2) is 74.9 Å². The normalized spacial score (nSPS) is 19.1. The quantitative estimate of drug-likeness (QED) is 0.234. The molecule has 3 aliphatic rings. The summed E-state index contributed by atoms with van der Waals surface area (Å²) in [6.45, 7) is -0.670. The molecule has 3 aromatic rings. The number of rotatable bonds is 9. The smallest absolute Gasteiger partial charge is 0.472 e. The van der Waals surface area contributed by atoms with E-state index in [1.54, 1.807) is 28.8 Å². The number of benzene rings is 1. The second kappa shape index (κ2) is 11.3. The van der Waals surface area contributed by atoms with Crippen molar-refractivity contribution in [3.63, 3.8) is 0 Å². The molecule has 43 heavy (non-hydrogen) atoms. The van der Waals surface area contributed by atoms with Gasteiger partial charge in [-0.1, -0.05) is 18.2 Å². The minimum absolute atomic E-state index is 0.104. The number of pyridine rings is 2. The molecular formula is C26H26N5O11P. The van der Waals surface area contributed by atoms with Gasteiger partial charge in [0.15, 0.2) is 18.2 Å². The fourth-order valence-electron chi connectivity index (χ4n) is 5.43. The van der Waals surface area contributed by atoms with E-state index in [9.17, 15) is 23.7 Å². The maximum Gasteiger partial charge on any atom is 0.472 e. The number of cyclic esters (lactones) is 1. The first-order chi connectivity index (χ1) is 20.6. The van der Waals surface area contributed by atoms with Gasteiger partial charge in [-0.15, -0.1) is 0 Å². The number of nitrogens with one attached hydrogen (secondary N) is 1. The predicted molar refractivity (Wildman–Crippen MR) is 147 cm³/mol. The topological polar surface area (TPSA) is 199 Å². The maximum absolute atomic E-state index is 13.2. The molecule has 3 N–H and O–H groups in total. The minimum Gasteiger partial charge on any atom is -0.480 e. The highest BCUT2D eigenvalue weighted by molar-refractivity contribution is 7.46. The first kappa shape index (κ1) is 28.6. The number of para-hydroxylation sites is 1. The number of nitrogens with zero attached hydrogens (tertiary/aromatic N) is 4. The molecule has 5 heterocycles. The third-order valence-corrected chi connectivity index (χ3v) is 7.75. The van der Waals surface area contributed by atoms with Crippen LogP contribution >= 0.6 is 7.82 Å². The lowest BCUT2D eigenvalue weighted by atomic mass is 10.0. The van der Waals surface area contributed by atoms with E-state index in [0.717, 1.165) is 10.9 Å². The summed E-state index contributed by atoms with van der Waals surface area (Å²) in [4.78, 5) is 75.0. The number of anilines is 2. The van der Waals surface area contributed by atoms with Gasteiger partial charge in [0, 0.05) is 18.2 Å². The summed E-state index contributed by atoms with van der Waals surface area (Å²) >= 11 is 0. The number of phosphoric ester groups is 1. The summed E-state index contributed by atoms with van der Waals surface area (Å²) in [7, 11) is -4.88. The van der Waals surface area contributed by atoms with E-state index in [1.807, 2.05) is 12.1 Å². The Bertz CT molecular complexity index is 1720. The van der Waals surface area contributed by atoms with E-state index in [-0.39, 0.29) is 49.3 Å². The molecule has 226 valence electrons. The molecular weight excluding hydrogens is 589 g/mol. The van der Waals surface area contributed by atoms with Crippen LogP contribution in [0.15, 0.2) is 47.3 Å². The van der Waals surface area contributed by atoms with Crippen LogP contribution in [0, 0.1) is 0 Å². The van der Waals surface area contributed by atoms with Gasteiger partial charge in [-0.2, -0.15) is 0 Å². The second-order valence-electron chi connectivity index (χ2n) is 10.0. The highest BCUT2D eigenvalue weighted by atomic mass is 31.2. The second-order valence-corrected chi connectivity index (χ2v) is 11.3. The van der Waals surface area contributed by atoms with Gasteiger partial charge in [0.1, 0.15) is 11.9 Å². The Kier molecular flexibility index (Phi) is 7.52. The van der Waals surface area contributed by atoms with Crippen LogP contribution < -0.4 is 20.5 Å². The molecule has 2 aromatic heterocycles. The molecule has 0 bridgehead atoms. The molecule has 1 aromatic carbocycles. The summed E-state index contributed by atoms with van der Waals surface area (Å²) < 4.78 is 32.8. The zero-order valence-corrected chi connectivity index (χ0v) is 23.3. The zero-order valence-electron chi connectivity index (χ0n) is 22.5. The van der Waals surface area contributed by atoms with Gasteiger partial charge in [0.2, 0.25) is 6.79 Å². The number of carbonyl (C=O) groups excluding carboxylic acids is 3. The van der Waals surface area contributed by atoms with Gasteiger partial charge in [0.05, 0.1) is 24.6 Å². The van der Waals surface area contributed by atoms with E-state index in [2.05, 4.69) is 14.8 Å². The van der Waals surface area contributed by atoms with Crippen LogP contribution in [0.1, 0.15) is 24.4 Å². The molecule has 0 radical (unpaired) electrons.